The molecule has 57 heavy (non-hydrogen) atoms. The number of H-pyrrole nitrogens is 1. The lowest BCUT2D eigenvalue weighted by Gasteiger charge is -2.45. The Bertz CT molecular complexity index is 2080. The van der Waals surface area contributed by atoms with Crippen LogP contribution in [0.15, 0.2) is 91.0 Å². The molecule has 2 atom stereocenters. The average molecular weight is 808 g/mol. The Kier molecular flexibility index (Phi) is 12.1. The van der Waals surface area contributed by atoms with Crippen LogP contribution < -0.4 is 10.4 Å². The normalized spacial score (nSPS) is 18.6. The Balaban J connectivity index is 1.19. The minimum atomic E-state index is -3.46. The number of aromatic amines is 1. The average Bonchev–Trinajstić information content (AvgIpc) is 3.50. The van der Waals surface area contributed by atoms with E-state index in [0.29, 0.717) is 41.7 Å². The predicted octanol–water partition coefficient (Wildman–Crippen LogP) is 8.94. The van der Waals surface area contributed by atoms with E-state index in [2.05, 4.69) is 9.88 Å². The SMILES string of the molecule is C[C@@H]1Cc2c([nH]c3ccc(F)cc23)[C@@H](c2c(F)cc(COCC3CN(CCCF)C3)cc2F)N1CC(F)(F)CO[Si](c1ccccc1)(c1ccccc1)C(C)(C)C. The summed E-state index contributed by atoms with van der Waals surface area (Å²) in [6.07, 6.45) is 0.739. The summed E-state index contributed by atoms with van der Waals surface area (Å²) in [5, 5.41) is 1.71. The molecule has 7 rings (SSSR count). The fourth-order valence-corrected chi connectivity index (χ4v) is 13.5. The van der Waals surface area contributed by atoms with Gasteiger partial charge in [-0.1, -0.05) is 81.4 Å². The summed E-state index contributed by atoms with van der Waals surface area (Å²) in [7, 11) is -3.35. The van der Waals surface area contributed by atoms with Crippen LogP contribution in [0.5, 0.6) is 0 Å². The van der Waals surface area contributed by atoms with Crippen molar-refractivity contribution in [3.05, 3.63) is 131 Å². The molecule has 304 valence electrons. The Morgan fingerprint density at radius 2 is 1.49 bits per heavy atom. The number of nitrogens with one attached hydrogen (secondary N) is 1. The number of benzene rings is 4. The fraction of sp³-hybridized carbons (Fsp3) is 0.422. The van der Waals surface area contributed by atoms with E-state index in [1.807, 2.05) is 81.4 Å². The second-order valence-corrected chi connectivity index (χ2v) is 21.1. The van der Waals surface area contributed by atoms with Crippen LogP contribution in [-0.2, 0) is 22.2 Å². The summed E-state index contributed by atoms with van der Waals surface area (Å²) >= 11 is 0. The number of ether oxygens (including phenoxy) is 1. The lowest BCUT2D eigenvalue weighted by Crippen LogP contribution is -2.67. The summed E-state index contributed by atoms with van der Waals surface area (Å²) in [6.45, 7) is 8.27. The topological polar surface area (TPSA) is 40.7 Å². The van der Waals surface area contributed by atoms with Gasteiger partial charge >= 0.3 is 0 Å². The number of rotatable bonds is 15. The molecule has 0 unspecified atom stereocenters. The standard InChI is InChI=1S/C45H51F6N3O2Si/c1-30-20-37-36-23-33(47)16-17-40(36)52-42(37)43(41-38(48)21-31(22-39(41)49)26-55-27-32-24-53(25-32)19-11-18-46)54(30)28-45(50,51)29-56-57(44(2,3)4,34-12-7-5-8-13-34)35-14-9-6-10-15-35/h5-10,12-17,21-23,30,32,43,52H,11,18-20,24-29H2,1-4H3/t30-,43-/m1/s1. The third-order valence-electron chi connectivity index (χ3n) is 11.6. The van der Waals surface area contributed by atoms with Gasteiger partial charge < -0.3 is 19.0 Å². The van der Waals surface area contributed by atoms with Crippen molar-refractivity contribution in [2.45, 2.75) is 70.2 Å². The number of fused-ring (bicyclic) bond motifs is 3. The Labute approximate surface area is 332 Å². The van der Waals surface area contributed by atoms with Crippen molar-refractivity contribution in [3.63, 3.8) is 0 Å². The zero-order chi connectivity index (χ0) is 40.5. The largest absolute Gasteiger partial charge is 0.401 e. The van der Waals surface area contributed by atoms with Crippen molar-refractivity contribution in [2.75, 3.05) is 46.1 Å². The van der Waals surface area contributed by atoms with Crippen molar-refractivity contribution in [1.29, 1.82) is 0 Å². The first kappa shape index (κ1) is 41.2. The quantitative estimate of drug-likeness (QED) is 0.0848. The van der Waals surface area contributed by atoms with Gasteiger partial charge in [0.25, 0.3) is 14.2 Å². The highest BCUT2D eigenvalue weighted by Crippen LogP contribution is 2.44. The zero-order valence-corrected chi connectivity index (χ0v) is 33.9. The molecule has 1 saturated heterocycles. The maximum Gasteiger partial charge on any atom is 0.282 e. The van der Waals surface area contributed by atoms with E-state index in [4.69, 9.17) is 9.16 Å². The van der Waals surface area contributed by atoms with Crippen molar-refractivity contribution in [2.24, 2.45) is 5.92 Å². The number of nitrogens with zero attached hydrogens (tertiary/aromatic N) is 2. The number of alkyl halides is 3. The van der Waals surface area contributed by atoms with Gasteiger partial charge in [0, 0.05) is 53.8 Å². The van der Waals surface area contributed by atoms with E-state index in [-0.39, 0.29) is 36.7 Å². The highest BCUT2D eigenvalue weighted by atomic mass is 28.4. The van der Waals surface area contributed by atoms with E-state index in [1.165, 1.54) is 29.2 Å². The Morgan fingerprint density at radius 3 is 2.09 bits per heavy atom. The monoisotopic (exact) mass is 807 g/mol. The van der Waals surface area contributed by atoms with Gasteiger partial charge in [-0.05, 0) is 76.6 Å². The smallest absolute Gasteiger partial charge is 0.282 e. The van der Waals surface area contributed by atoms with Gasteiger partial charge in [0.05, 0.1) is 39.1 Å². The van der Waals surface area contributed by atoms with Crippen molar-refractivity contribution < 1.29 is 35.5 Å². The summed E-state index contributed by atoms with van der Waals surface area (Å²) in [6, 6.07) is 23.8. The Hall–Kier alpha value is -3.94. The third kappa shape index (κ3) is 8.48. The molecule has 3 heterocycles. The molecule has 4 aromatic carbocycles. The van der Waals surface area contributed by atoms with E-state index < -0.39 is 62.0 Å². The van der Waals surface area contributed by atoms with Crippen LogP contribution in [0.4, 0.5) is 26.3 Å². The molecule has 5 nitrogen and oxygen atoms in total. The van der Waals surface area contributed by atoms with Crippen LogP contribution >= 0.6 is 0 Å². The number of likely N-dealkylation sites (tertiary alicyclic amines) is 1. The van der Waals surface area contributed by atoms with Crippen LogP contribution in [0.3, 0.4) is 0 Å². The van der Waals surface area contributed by atoms with Gasteiger partial charge in [-0.15, -0.1) is 0 Å². The molecule has 0 radical (unpaired) electrons. The summed E-state index contributed by atoms with van der Waals surface area (Å²) < 4.78 is 106. The van der Waals surface area contributed by atoms with Crippen LogP contribution in [0.25, 0.3) is 10.9 Å². The van der Waals surface area contributed by atoms with E-state index in [0.717, 1.165) is 23.5 Å². The molecule has 0 amide bonds. The first-order chi connectivity index (χ1) is 27.2. The highest BCUT2D eigenvalue weighted by molar-refractivity contribution is 6.99. The van der Waals surface area contributed by atoms with Gasteiger partial charge in [-0.25, -0.2) is 22.0 Å². The molecular formula is C45H51F6N3O2Si. The van der Waals surface area contributed by atoms with Gasteiger partial charge in [-0.3, -0.25) is 9.29 Å². The highest BCUT2D eigenvalue weighted by Gasteiger charge is 2.52. The van der Waals surface area contributed by atoms with Gasteiger partial charge in [0.1, 0.15) is 17.5 Å². The lowest BCUT2D eigenvalue weighted by atomic mass is 9.87. The van der Waals surface area contributed by atoms with Gasteiger partial charge in [-0.2, -0.15) is 0 Å². The first-order valence-electron chi connectivity index (χ1n) is 19.7. The van der Waals surface area contributed by atoms with Crippen LogP contribution in [0.2, 0.25) is 5.04 Å². The number of hydrogen-bond acceptors (Lipinski definition) is 4. The summed E-state index contributed by atoms with van der Waals surface area (Å²) in [5.74, 6) is -5.45. The number of aromatic nitrogens is 1. The number of hydrogen-bond donors (Lipinski definition) is 1. The van der Waals surface area contributed by atoms with Crippen LogP contribution in [-0.4, -0.2) is 81.1 Å². The fourth-order valence-electron chi connectivity index (χ4n) is 8.95. The van der Waals surface area contributed by atoms with Crippen molar-refractivity contribution >= 4 is 29.6 Å². The van der Waals surface area contributed by atoms with Crippen LogP contribution in [0.1, 0.15) is 62.5 Å². The second kappa shape index (κ2) is 16.7. The second-order valence-electron chi connectivity index (χ2n) is 16.8. The molecule has 2 aliphatic rings. The molecule has 5 aromatic rings. The van der Waals surface area contributed by atoms with E-state index in [9.17, 15) is 8.78 Å². The lowest BCUT2D eigenvalue weighted by molar-refractivity contribution is -0.0825. The van der Waals surface area contributed by atoms with Gasteiger partial charge in [0.2, 0.25) is 0 Å². The van der Waals surface area contributed by atoms with E-state index >= 15 is 17.6 Å². The van der Waals surface area contributed by atoms with Crippen molar-refractivity contribution in [1.82, 2.24) is 14.8 Å². The molecule has 1 N–H and O–H groups in total. The minimum absolute atomic E-state index is 0.0333. The molecular weight excluding hydrogens is 757 g/mol. The molecule has 12 heteroatoms. The molecule has 1 aromatic heterocycles. The Morgan fingerprint density at radius 1 is 0.860 bits per heavy atom. The molecule has 2 aliphatic heterocycles. The maximum atomic E-state index is 16.8. The van der Waals surface area contributed by atoms with E-state index in [1.54, 1.807) is 13.0 Å². The molecule has 0 saturated carbocycles. The minimum Gasteiger partial charge on any atom is -0.401 e. The maximum absolute atomic E-state index is 16.8. The predicted molar refractivity (Wildman–Crippen MR) is 215 cm³/mol. The molecule has 0 aliphatic carbocycles. The third-order valence-corrected chi connectivity index (χ3v) is 16.6. The molecule has 1 fully saturated rings. The summed E-state index contributed by atoms with van der Waals surface area (Å²) in [5.41, 5.74) is 1.44. The van der Waals surface area contributed by atoms with Crippen molar-refractivity contribution in [3.8, 4) is 0 Å². The molecule has 0 bridgehead atoms. The van der Waals surface area contributed by atoms with Gasteiger partial charge in [0.15, 0.2) is 0 Å². The first-order valence-corrected chi connectivity index (χ1v) is 21.6. The molecule has 0 spiro atoms. The number of halogens is 6. The van der Waals surface area contributed by atoms with Crippen LogP contribution in [0, 0.1) is 23.4 Å². The summed E-state index contributed by atoms with van der Waals surface area (Å²) in [4.78, 5) is 6.82. The zero-order valence-electron chi connectivity index (χ0n) is 32.9.